The molecule has 0 spiro atoms. The van der Waals surface area contributed by atoms with Gasteiger partial charge in [-0.1, -0.05) is 12.2 Å². The van der Waals surface area contributed by atoms with Crippen molar-refractivity contribution < 1.29 is 14.6 Å². The highest BCUT2D eigenvalue weighted by molar-refractivity contribution is 4.81. The molecule has 0 atom stereocenters. The van der Waals surface area contributed by atoms with E-state index in [1.807, 2.05) is 6.08 Å². The monoisotopic (exact) mass is 146 g/mol. The van der Waals surface area contributed by atoms with Gasteiger partial charge < -0.3 is 14.6 Å². The minimum Gasteiger partial charge on any atom is -0.392 e. The molecule has 60 valence electrons. The average molecular weight is 146 g/mol. The Morgan fingerprint density at radius 2 is 1.90 bits per heavy atom. The molecule has 1 N–H and O–H groups in total. The molecule has 0 amide bonds. The van der Waals surface area contributed by atoms with Crippen molar-refractivity contribution in [3.05, 3.63) is 12.2 Å². The van der Waals surface area contributed by atoms with Crippen LogP contribution in [0.5, 0.6) is 0 Å². The first-order valence-electron chi connectivity index (χ1n) is 3.16. The SMILES string of the molecule is COC(C/C=C/CO)OC. The molecule has 0 aromatic rings. The third kappa shape index (κ3) is 4.49. The van der Waals surface area contributed by atoms with E-state index in [0.29, 0.717) is 6.42 Å². The summed E-state index contributed by atoms with van der Waals surface area (Å²) in [7, 11) is 3.17. The largest absolute Gasteiger partial charge is 0.392 e. The Morgan fingerprint density at radius 1 is 1.30 bits per heavy atom. The standard InChI is InChI=1S/C7H14O3/c1-9-7(10-2)5-3-4-6-8/h3-4,7-8H,5-6H2,1-2H3/b4-3+. The average Bonchev–Trinajstić information content (AvgIpc) is 1.99. The first-order valence-corrected chi connectivity index (χ1v) is 3.16. The quantitative estimate of drug-likeness (QED) is 0.454. The van der Waals surface area contributed by atoms with Gasteiger partial charge in [-0.05, 0) is 0 Å². The molecule has 0 unspecified atom stereocenters. The summed E-state index contributed by atoms with van der Waals surface area (Å²) in [5, 5.41) is 8.36. The first-order chi connectivity index (χ1) is 4.85. The summed E-state index contributed by atoms with van der Waals surface area (Å²) in [6, 6.07) is 0. The predicted molar refractivity (Wildman–Crippen MR) is 38.6 cm³/mol. The third-order valence-electron chi connectivity index (χ3n) is 1.13. The van der Waals surface area contributed by atoms with Crippen LogP contribution in [0.25, 0.3) is 0 Å². The molecule has 0 aliphatic rings. The number of methoxy groups -OCH3 is 2. The number of rotatable bonds is 5. The maximum atomic E-state index is 8.36. The topological polar surface area (TPSA) is 38.7 Å². The summed E-state index contributed by atoms with van der Waals surface area (Å²) in [5.74, 6) is 0. The maximum absolute atomic E-state index is 8.36. The zero-order valence-electron chi connectivity index (χ0n) is 6.41. The van der Waals surface area contributed by atoms with Crippen molar-refractivity contribution in [2.45, 2.75) is 12.7 Å². The fourth-order valence-corrected chi connectivity index (χ4v) is 0.571. The van der Waals surface area contributed by atoms with Gasteiger partial charge in [-0.2, -0.15) is 0 Å². The lowest BCUT2D eigenvalue weighted by atomic mass is 10.4. The molecule has 0 aliphatic heterocycles. The smallest absolute Gasteiger partial charge is 0.160 e. The molecule has 3 nitrogen and oxygen atoms in total. The van der Waals surface area contributed by atoms with Gasteiger partial charge in [0, 0.05) is 20.6 Å². The van der Waals surface area contributed by atoms with Gasteiger partial charge in [-0.25, -0.2) is 0 Å². The van der Waals surface area contributed by atoms with Gasteiger partial charge in [-0.3, -0.25) is 0 Å². The Bertz CT molecular complexity index is 86.9. The molecular weight excluding hydrogens is 132 g/mol. The van der Waals surface area contributed by atoms with Crippen LogP contribution < -0.4 is 0 Å². The Labute approximate surface area is 61.3 Å². The van der Waals surface area contributed by atoms with Crippen LogP contribution in [0.3, 0.4) is 0 Å². The Kier molecular flexibility index (Phi) is 6.48. The second-order valence-corrected chi connectivity index (χ2v) is 1.79. The van der Waals surface area contributed by atoms with Crippen molar-refractivity contribution >= 4 is 0 Å². The van der Waals surface area contributed by atoms with Gasteiger partial charge in [0.1, 0.15) is 0 Å². The number of aliphatic hydroxyl groups is 1. The maximum Gasteiger partial charge on any atom is 0.160 e. The van der Waals surface area contributed by atoms with E-state index in [1.165, 1.54) is 0 Å². The van der Waals surface area contributed by atoms with Gasteiger partial charge >= 0.3 is 0 Å². The molecule has 0 radical (unpaired) electrons. The van der Waals surface area contributed by atoms with Gasteiger partial charge in [0.25, 0.3) is 0 Å². The molecule has 0 saturated carbocycles. The number of hydrogen-bond acceptors (Lipinski definition) is 3. The second kappa shape index (κ2) is 6.74. The van der Waals surface area contributed by atoms with Gasteiger partial charge in [0.05, 0.1) is 6.61 Å². The zero-order chi connectivity index (χ0) is 7.82. The van der Waals surface area contributed by atoms with Crippen LogP contribution in [0.1, 0.15) is 6.42 Å². The highest BCUT2D eigenvalue weighted by Crippen LogP contribution is 1.97. The highest BCUT2D eigenvalue weighted by Gasteiger charge is 1.99. The highest BCUT2D eigenvalue weighted by atomic mass is 16.7. The molecule has 3 heteroatoms. The minimum atomic E-state index is -0.192. The number of aliphatic hydroxyl groups excluding tert-OH is 1. The van der Waals surface area contributed by atoms with Gasteiger partial charge in [0.15, 0.2) is 6.29 Å². The van der Waals surface area contributed by atoms with Crippen LogP contribution in [-0.4, -0.2) is 32.2 Å². The fourth-order valence-electron chi connectivity index (χ4n) is 0.571. The van der Waals surface area contributed by atoms with E-state index in [-0.39, 0.29) is 12.9 Å². The molecule has 10 heavy (non-hydrogen) atoms. The van der Waals surface area contributed by atoms with Crippen LogP contribution in [0.15, 0.2) is 12.2 Å². The normalized spacial score (nSPS) is 11.6. The van der Waals surface area contributed by atoms with Crippen molar-refractivity contribution in [3.8, 4) is 0 Å². The predicted octanol–water partition coefficient (Wildman–Crippen LogP) is 0.544. The van der Waals surface area contributed by atoms with E-state index in [2.05, 4.69) is 0 Å². The van der Waals surface area contributed by atoms with E-state index in [4.69, 9.17) is 14.6 Å². The molecule has 0 rings (SSSR count). The van der Waals surface area contributed by atoms with Crippen molar-refractivity contribution in [3.63, 3.8) is 0 Å². The van der Waals surface area contributed by atoms with Crippen LogP contribution in [0, 0.1) is 0 Å². The van der Waals surface area contributed by atoms with Crippen LogP contribution in [-0.2, 0) is 9.47 Å². The lowest BCUT2D eigenvalue weighted by molar-refractivity contribution is -0.0986. The third-order valence-corrected chi connectivity index (χ3v) is 1.13. The molecule has 0 saturated heterocycles. The fraction of sp³-hybridized carbons (Fsp3) is 0.714. The summed E-state index contributed by atoms with van der Waals surface area (Å²) in [4.78, 5) is 0. The van der Waals surface area contributed by atoms with E-state index in [0.717, 1.165) is 0 Å². The Morgan fingerprint density at radius 3 is 2.30 bits per heavy atom. The molecule has 0 aromatic heterocycles. The van der Waals surface area contributed by atoms with Crippen molar-refractivity contribution in [2.24, 2.45) is 0 Å². The summed E-state index contributed by atoms with van der Waals surface area (Å²) >= 11 is 0. The van der Waals surface area contributed by atoms with Gasteiger partial charge in [0.2, 0.25) is 0 Å². The molecule has 0 fully saturated rings. The van der Waals surface area contributed by atoms with Crippen molar-refractivity contribution in [1.82, 2.24) is 0 Å². The van der Waals surface area contributed by atoms with E-state index >= 15 is 0 Å². The van der Waals surface area contributed by atoms with E-state index in [9.17, 15) is 0 Å². The lowest BCUT2D eigenvalue weighted by Gasteiger charge is -2.09. The van der Waals surface area contributed by atoms with Crippen LogP contribution in [0.2, 0.25) is 0 Å². The molecule has 0 heterocycles. The van der Waals surface area contributed by atoms with Crippen molar-refractivity contribution in [2.75, 3.05) is 20.8 Å². The number of hydrogen-bond donors (Lipinski definition) is 1. The second-order valence-electron chi connectivity index (χ2n) is 1.79. The molecular formula is C7H14O3. The summed E-state index contributed by atoms with van der Waals surface area (Å²) in [5.41, 5.74) is 0. The summed E-state index contributed by atoms with van der Waals surface area (Å²) in [6.45, 7) is 0.0696. The van der Waals surface area contributed by atoms with E-state index in [1.54, 1.807) is 20.3 Å². The van der Waals surface area contributed by atoms with E-state index < -0.39 is 0 Å². The molecule has 0 aliphatic carbocycles. The Balaban J connectivity index is 3.34. The van der Waals surface area contributed by atoms with Gasteiger partial charge in [-0.15, -0.1) is 0 Å². The van der Waals surface area contributed by atoms with Crippen LogP contribution >= 0.6 is 0 Å². The lowest BCUT2D eigenvalue weighted by Crippen LogP contribution is -2.10. The molecule has 0 aromatic carbocycles. The molecule has 0 bridgehead atoms. The first kappa shape index (κ1) is 9.62. The Hall–Kier alpha value is -0.380. The van der Waals surface area contributed by atoms with Crippen LogP contribution in [0.4, 0.5) is 0 Å². The summed E-state index contributed by atoms with van der Waals surface area (Å²) in [6.07, 6.45) is 3.96. The van der Waals surface area contributed by atoms with Crippen molar-refractivity contribution in [1.29, 1.82) is 0 Å². The zero-order valence-corrected chi connectivity index (χ0v) is 6.41. The summed E-state index contributed by atoms with van der Waals surface area (Å²) < 4.78 is 9.78. The number of ether oxygens (including phenoxy) is 2. The minimum absolute atomic E-state index is 0.0696.